The molecule has 0 unspecified atom stereocenters. The third-order valence-electron chi connectivity index (χ3n) is 4.71. The molecule has 1 fully saturated rings. The summed E-state index contributed by atoms with van der Waals surface area (Å²) < 4.78 is 5.95. The van der Waals surface area contributed by atoms with Gasteiger partial charge in [0.15, 0.2) is 0 Å². The number of nitrogens with one attached hydrogen (secondary N) is 1. The van der Waals surface area contributed by atoms with Crippen LogP contribution in [0, 0.1) is 0 Å². The molecular formula is C20H16BN3O4S. The molecule has 3 aromatic rings. The fraction of sp³-hybridized carbons (Fsp3) is 0.200. The molecule has 0 spiro atoms. The second kappa shape index (κ2) is 7.40. The molecule has 9 heteroatoms. The normalized spacial score (nSPS) is 18.8. The van der Waals surface area contributed by atoms with Crippen LogP contribution in [-0.4, -0.2) is 33.2 Å². The second-order valence-electron chi connectivity index (χ2n) is 6.75. The third-order valence-corrected chi connectivity index (χ3v) is 5.69. The summed E-state index contributed by atoms with van der Waals surface area (Å²) in [5.74, 6) is 0.606. The van der Waals surface area contributed by atoms with Gasteiger partial charge >= 0.3 is 0 Å². The van der Waals surface area contributed by atoms with E-state index in [-0.39, 0.29) is 18.6 Å². The van der Waals surface area contributed by atoms with Crippen LogP contribution >= 0.6 is 11.8 Å². The van der Waals surface area contributed by atoms with Crippen molar-refractivity contribution < 1.29 is 14.3 Å². The number of nitrogens with zero attached hydrogens (tertiary/aromatic N) is 2. The van der Waals surface area contributed by atoms with Gasteiger partial charge in [-0.25, -0.2) is 4.98 Å². The fourth-order valence-corrected chi connectivity index (χ4v) is 3.96. The molecule has 0 aliphatic carbocycles. The lowest BCUT2D eigenvalue weighted by Gasteiger charge is -2.19. The van der Waals surface area contributed by atoms with Gasteiger partial charge in [0.1, 0.15) is 26.0 Å². The minimum atomic E-state index is -1.30. The Hall–Kier alpha value is -3.07. The van der Waals surface area contributed by atoms with Gasteiger partial charge in [-0.1, -0.05) is 36.0 Å². The molecule has 2 heterocycles. The maximum Gasteiger partial charge on any atom is 0.285 e. The van der Waals surface area contributed by atoms with Crippen molar-refractivity contribution >= 4 is 41.7 Å². The minimum Gasteiger partial charge on any atom is -0.486 e. The molecule has 2 aromatic carbocycles. The largest absolute Gasteiger partial charge is 0.486 e. The molecular weight excluding hydrogens is 389 g/mol. The van der Waals surface area contributed by atoms with Crippen LogP contribution in [0.4, 0.5) is 4.79 Å². The second-order valence-corrected chi connectivity index (χ2v) is 8.06. The number of thioether (sulfide) groups is 1. The third kappa shape index (κ3) is 3.78. The summed E-state index contributed by atoms with van der Waals surface area (Å²) >= 11 is 0.793. The van der Waals surface area contributed by atoms with E-state index in [0.29, 0.717) is 22.5 Å². The van der Waals surface area contributed by atoms with Crippen LogP contribution < -0.4 is 15.6 Å². The Balaban J connectivity index is 1.47. The molecule has 0 bridgehead atoms. The Morgan fingerprint density at radius 1 is 1.14 bits per heavy atom. The number of aromatic nitrogens is 2. The number of carbonyl (C=O) groups excluding carboxylic acids is 2. The maximum atomic E-state index is 12.4. The predicted molar refractivity (Wildman–Crippen MR) is 111 cm³/mol. The molecule has 1 atom stereocenters. The summed E-state index contributed by atoms with van der Waals surface area (Å²) in [5.41, 5.74) is 1.30. The first-order valence-corrected chi connectivity index (χ1v) is 9.67. The van der Waals surface area contributed by atoms with Gasteiger partial charge < -0.3 is 4.74 Å². The number of rotatable bonds is 5. The van der Waals surface area contributed by atoms with Crippen molar-refractivity contribution in [1.29, 1.82) is 0 Å². The molecule has 1 aliphatic heterocycles. The van der Waals surface area contributed by atoms with E-state index in [1.54, 1.807) is 49.5 Å². The monoisotopic (exact) mass is 405 g/mol. The molecule has 29 heavy (non-hydrogen) atoms. The van der Waals surface area contributed by atoms with E-state index in [0.717, 1.165) is 17.3 Å². The number of ether oxygens (including phenoxy) is 1. The van der Waals surface area contributed by atoms with Crippen LogP contribution in [0.15, 0.2) is 53.3 Å². The number of hydrogen-bond acceptors (Lipinski definition) is 6. The predicted octanol–water partition coefficient (Wildman–Crippen LogP) is 1.90. The molecule has 144 valence electrons. The first-order valence-electron chi connectivity index (χ1n) is 8.85. The molecule has 1 aliphatic rings. The van der Waals surface area contributed by atoms with Gasteiger partial charge in [0.2, 0.25) is 5.91 Å². The van der Waals surface area contributed by atoms with Gasteiger partial charge in [0, 0.05) is 7.05 Å². The lowest BCUT2D eigenvalue weighted by Crippen LogP contribution is -2.38. The number of hydrogen-bond donors (Lipinski definition) is 1. The van der Waals surface area contributed by atoms with E-state index in [1.165, 1.54) is 4.57 Å². The number of imide groups is 1. The summed E-state index contributed by atoms with van der Waals surface area (Å²) in [4.78, 5) is 40.2. The highest BCUT2D eigenvalue weighted by Gasteiger charge is 2.42. The average molecular weight is 405 g/mol. The number of amides is 2. The van der Waals surface area contributed by atoms with Gasteiger partial charge in [0.25, 0.3) is 10.8 Å². The maximum absolute atomic E-state index is 12.4. The van der Waals surface area contributed by atoms with Gasteiger partial charge in [-0.15, -0.1) is 0 Å². The summed E-state index contributed by atoms with van der Waals surface area (Å²) in [5, 5.41) is 2.32. The first kappa shape index (κ1) is 19.3. The van der Waals surface area contributed by atoms with Crippen LogP contribution in [0.1, 0.15) is 11.4 Å². The van der Waals surface area contributed by atoms with E-state index in [2.05, 4.69) is 10.3 Å². The van der Waals surface area contributed by atoms with E-state index in [4.69, 9.17) is 12.6 Å². The molecule has 1 saturated heterocycles. The van der Waals surface area contributed by atoms with Gasteiger partial charge in [0.05, 0.1) is 15.5 Å². The van der Waals surface area contributed by atoms with Crippen molar-refractivity contribution in [3.8, 4) is 5.75 Å². The van der Waals surface area contributed by atoms with Crippen molar-refractivity contribution in [2.75, 3.05) is 0 Å². The van der Waals surface area contributed by atoms with E-state index >= 15 is 0 Å². The lowest BCUT2D eigenvalue weighted by atomic mass is 9.80. The molecule has 0 saturated carbocycles. The SMILES string of the molecule is [B][C@@]1(Cc2ccc(OCc3nc4ccccc4c(=O)n3C)cc2)SC(=O)NC1=O. The van der Waals surface area contributed by atoms with Gasteiger partial charge in [-0.05, 0) is 36.2 Å². The Bertz CT molecular complexity index is 1180. The van der Waals surface area contributed by atoms with Crippen molar-refractivity contribution in [3.05, 3.63) is 70.3 Å². The van der Waals surface area contributed by atoms with E-state index in [9.17, 15) is 14.4 Å². The number of fused-ring (bicyclic) bond motifs is 1. The summed E-state index contributed by atoms with van der Waals surface area (Å²) in [6.45, 7) is 0.128. The zero-order valence-corrected chi connectivity index (χ0v) is 16.4. The molecule has 7 nitrogen and oxygen atoms in total. The van der Waals surface area contributed by atoms with Crippen molar-refractivity contribution in [3.63, 3.8) is 0 Å². The lowest BCUT2D eigenvalue weighted by molar-refractivity contribution is -0.119. The number of para-hydroxylation sites is 1. The molecule has 1 N–H and O–H groups in total. The molecule has 2 radical (unpaired) electrons. The van der Waals surface area contributed by atoms with Crippen LogP contribution in [0.3, 0.4) is 0 Å². The highest BCUT2D eigenvalue weighted by Crippen LogP contribution is 2.32. The molecule has 2 amide bonds. The summed E-state index contributed by atoms with van der Waals surface area (Å²) in [7, 11) is 7.69. The smallest absolute Gasteiger partial charge is 0.285 e. The number of benzene rings is 2. The Labute approximate surface area is 171 Å². The zero-order chi connectivity index (χ0) is 20.6. The fourth-order valence-electron chi connectivity index (χ4n) is 3.10. The van der Waals surface area contributed by atoms with Gasteiger partial charge in [-0.2, -0.15) is 0 Å². The highest BCUT2D eigenvalue weighted by atomic mass is 32.2. The van der Waals surface area contributed by atoms with Crippen LogP contribution in [0.2, 0.25) is 0 Å². The van der Waals surface area contributed by atoms with Crippen molar-refractivity contribution in [1.82, 2.24) is 14.9 Å². The molecule has 4 rings (SSSR count). The summed E-state index contributed by atoms with van der Waals surface area (Å²) in [6, 6.07) is 14.2. The topological polar surface area (TPSA) is 90.3 Å². The van der Waals surface area contributed by atoms with Crippen LogP contribution in [0.25, 0.3) is 10.9 Å². The summed E-state index contributed by atoms with van der Waals surface area (Å²) in [6.07, 6.45) is 0.219. The quantitative estimate of drug-likeness (QED) is 0.653. The Morgan fingerprint density at radius 2 is 1.86 bits per heavy atom. The number of carbonyl (C=O) groups is 2. The molecule has 1 aromatic heterocycles. The minimum absolute atomic E-state index is 0.125. The van der Waals surface area contributed by atoms with Crippen LogP contribution in [-0.2, 0) is 24.9 Å². The first-order chi connectivity index (χ1) is 13.9. The van der Waals surface area contributed by atoms with Crippen molar-refractivity contribution in [2.24, 2.45) is 7.05 Å². The van der Waals surface area contributed by atoms with E-state index in [1.807, 2.05) is 6.07 Å². The Morgan fingerprint density at radius 3 is 2.55 bits per heavy atom. The van der Waals surface area contributed by atoms with E-state index < -0.39 is 15.8 Å². The van der Waals surface area contributed by atoms with Crippen LogP contribution in [0.5, 0.6) is 5.75 Å². The van der Waals surface area contributed by atoms with Gasteiger partial charge in [-0.3, -0.25) is 24.3 Å². The zero-order valence-electron chi connectivity index (χ0n) is 15.5. The Kier molecular flexibility index (Phi) is 4.91. The average Bonchev–Trinajstić information content (AvgIpc) is 2.96. The highest BCUT2D eigenvalue weighted by molar-refractivity contribution is 8.17. The standard InChI is InChI=1S/C20H16BN3O4S/c1-24-16(22-15-5-3-2-4-14(15)17(24)25)11-28-13-8-6-12(7-9-13)10-20(21)18(26)23-19(27)29-20/h2-9H,10-11H2,1H3,(H,23,26,27)/t20-/m0/s1. The van der Waals surface area contributed by atoms with Crippen molar-refractivity contribution in [2.45, 2.75) is 17.7 Å².